The summed E-state index contributed by atoms with van der Waals surface area (Å²) in [5, 5.41) is 15.1. The number of hydrogen-bond donors (Lipinski definition) is 3. The van der Waals surface area contributed by atoms with Crippen LogP contribution in [0.2, 0.25) is 10.0 Å². The number of nitrogens with zero attached hydrogens (tertiary/aromatic N) is 1. The highest BCUT2D eigenvalue weighted by atomic mass is 35.5. The van der Waals surface area contributed by atoms with Crippen LogP contribution in [0, 0.1) is 5.92 Å². The molecule has 2 aliphatic rings. The molecule has 2 aliphatic carbocycles. The third-order valence-electron chi connectivity index (χ3n) is 7.05. The van der Waals surface area contributed by atoms with E-state index in [0.717, 1.165) is 24.1 Å². The van der Waals surface area contributed by atoms with Gasteiger partial charge in [0.1, 0.15) is 0 Å². The van der Waals surface area contributed by atoms with E-state index in [-0.39, 0.29) is 37.4 Å². The van der Waals surface area contributed by atoms with E-state index in [2.05, 4.69) is 29.7 Å². The van der Waals surface area contributed by atoms with Crippen molar-refractivity contribution in [3.8, 4) is 0 Å². The van der Waals surface area contributed by atoms with Gasteiger partial charge in [-0.15, -0.1) is 0 Å². The van der Waals surface area contributed by atoms with Crippen LogP contribution in [0.15, 0.2) is 77.5 Å². The zero-order chi connectivity index (χ0) is 28.6. The van der Waals surface area contributed by atoms with Gasteiger partial charge in [0.15, 0.2) is 0 Å². The number of carboxylic acids is 1. The summed E-state index contributed by atoms with van der Waals surface area (Å²) in [4.78, 5) is 38.4. The molecule has 4 rings (SSSR count). The minimum atomic E-state index is -0.974. The van der Waals surface area contributed by atoms with Gasteiger partial charge in [0, 0.05) is 33.5 Å². The zero-order valence-electron chi connectivity index (χ0n) is 22.4. The third kappa shape index (κ3) is 7.99. The van der Waals surface area contributed by atoms with E-state index in [1.165, 1.54) is 24.0 Å². The van der Waals surface area contributed by atoms with E-state index in [1.807, 2.05) is 6.08 Å². The van der Waals surface area contributed by atoms with Crippen molar-refractivity contribution in [2.24, 2.45) is 5.92 Å². The average molecular weight is 583 g/mol. The number of anilines is 1. The number of carbonyl (C=O) groups excluding carboxylic acids is 2. The summed E-state index contributed by atoms with van der Waals surface area (Å²) < 4.78 is 0. The first kappa shape index (κ1) is 29.4. The molecule has 2 aromatic carbocycles. The Kier molecular flexibility index (Phi) is 10.1. The maximum absolute atomic E-state index is 13.6. The highest BCUT2D eigenvalue weighted by Crippen LogP contribution is 2.36. The van der Waals surface area contributed by atoms with Gasteiger partial charge in [0.05, 0.1) is 13.0 Å². The van der Waals surface area contributed by atoms with Gasteiger partial charge in [-0.05, 0) is 91.1 Å². The van der Waals surface area contributed by atoms with Gasteiger partial charge in [-0.3, -0.25) is 14.5 Å². The SMILES string of the molecule is CC1CC(N(Cc2ccc(C(=O)NCCC(=O)O)cc2)C(=O)Nc2cc(Cl)cc(Cl)c2)=CC=C1C1=CCCCC1. The summed E-state index contributed by atoms with van der Waals surface area (Å²) in [7, 11) is 0. The molecule has 0 spiro atoms. The summed E-state index contributed by atoms with van der Waals surface area (Å²) in [6.07, 6.45) is 11.7. The van der Waals surface area contributed by atoms with E-state index in [1.54, 1.807) is 47.4 Å². The fraction of sp³-hybridized carbons (Fsp3) is 0.323. The molecular weight excluding hydrogens is 549 g/mol. The molecule has 0 saturated heterocycles. The van der Waals surface area contributed by atoms with Crippen LogP contribution in [0.3, 0.4) is 0 Å². The third-order valence-corrected chi connectivity index (χ3v) is 7.49. The first-order valence-electron chi connectivity index (χ1n) is 13.4. The van der Waals surface area contributed by atoms with Crippen LogP contribution >= 0.6 is 23.2 Å². The van der Waals surface area contributed by atoms with Crippen LogP contribution in [-0.2, 0) is 11.3 Å². The van der Waals surface area contributed by atoms with Crippen LogP contribution < -0.4 is 10.6 Å². The van der Waals surface area contributed by atoms with E-state index >= 15 is 0 Å². The van der Waals surface area contributed by atoms with Gasteiger partial charge in [-0.1, -0.05) is 54.4 Å². The largest absolute Gasteiger partial charge is 0.481 e. The molecule has 1 atom stereocenters. The maximum atomic E-state index is 13.6. The van der Waals surface area contributed by atoms with Crippen molar-refractivity contribution in [3.05, 3.63) is 98.7 Å². The summed E-state index contributed by atoms with van der Waals surface area (Å²) in [5.41, 5.74) is 5.37. The number of hydrogen-bond acceptors (Lipinski definition) is 3. The summed E-state index contributed by atoms with van der Waals surface area (Å²) in [6.45, 7) is 2.53. The first-order valence-corrected chi connectivity index (χ1v) is 14.2. The standard InChI is InChI=1S/C31H33Cl2N3O4/c1-20-15-27(11-12-28(20)22-5-3-2-4-6-22)36(31(40)35-26-17-24(32)16-25(33)18-26)19-21-7-9-23(10-8-21)30(39)34-14-13-29(37)38/h5,7-12,16-18,20H,2-4,6,13-15,19H2,1H3,(H,34,39)(H,35,40)(H,37,38). The van der Waals surface area contributed by atoms with Gasteiger partial charge in [-0.25, -0.2) is 4.79 Å². The lowest BCUT2D eigenvalue weighted by Gasteiger charge is -2.32. The Morgan fingerprint density at radius 1 is 1.02 bits per heavy atom. The Bertz CT molecular complexity index is 1340. The van der Waals surface area contributed by atoms with E-state index in [4.69, 9.17) is 28.3 Å². The van der Waals surface area contributed by atoms with Crippen LogP contribution in [-0.4, -0.2) is 34.5 Å². The highest BCUT2D eigenvalue weighted by Gasteiger charge is 2.26. The molecule has 1 unspecified atom stereocenters. The van der Waals surface area contributed by atoms with Crippen molar-refractivity contribution < 1.29 is 19.5 Å². The van der Waals surface area contributed by atoms with Gasteiger partial charge >= 0.3 is 12.0 Å². The predicted molar refractivity (Wildman–Crippen MR) is 159 cm³/mol. The molecule has 0 bridgehead atoms. The average Bonchev–Trinajstić information content (AvgIpc) is 2.91. The number of carbonyl (C=O) groups is 3. The number of rotatable bonds is 9. The Balaban J connectivity index is 1.56. The molecule has 210 valence electrons. The van der Waals surface area contributed by atoms with E-state index < -0.39 is 5.97 Å². The molecule has 0 aromatic heterocycles. The Labute approximate surface area is 244 Å². The van der Waals surface area contributed by atoms with Crippen LogP contribution in [0.4, 0.5) is 10.5 Å². The number of benzene rings is 2. The van der Waals surface area contributed by atoms with Gasteiger partial charge < -0.3 is 15.7 Å². The van der Waals surface area contributed by atoms with Gasteiger partial charge in [0.25, 0.3) is 5.91 Å². The Morgan fingerprint density at radius 3 is 2.38 bits per heavy atom. The van der Waals surface area contributed by atoms with Crippen molar-refractivity contribution in [2.45, 2.75) is 52.0 Å². The van der Waals surface area contributed by atoms with Gasteiger partial charge in [-0.2, -0.15) is 0 Å². The first-order chi connectivity index (χ1) is 19.2. The quantitative estimate of drug-likeness (QED) is 0.284. The van der Waals surface area contributed by atoms with Crippen molar-refractivity contribution in [2.75, 3.05) is 11.9 Å². The highest BCUT2D eigenvalue weighted by molar-refractivity contribution is 6.35. The normalized spacial score (nSPS) is 16.8. The number of allylic oxidation sites excluding steroid dienone is 6. The second-order valence-corrected chi connectivity index (χ2v) is 11.0. The second-order valence-electron chi connectivity index (χ2n) is 10.1. The maximum Gasteiger partial charge on any atom is 0.326 e. The fourth-order valence-corrected chi connectivity index (χ4v) is 5.54. The molecule has 7 nitrogen and oxygen atoms in total. The lowest BCUT2D eigenvalue weighted by atomic mass is 9.82. The summed E-state index contributed by atoms with van der Waals surface area (Å²) >= 11 is 12.3. The number of carboxylic acid groups (broad SMARTS) is 1. The zero-order valence-corrected chi connectivity index (χ0v) is 23.9. The number of halogens is 2. The fourth-order valence-electron chi connectivity index (χ4n) is 5.02. The molecule has 2 aromatic rings. The lowest BCUT2D eigenvalue weighted by Crippen LogP contribution is -2.35. The van der Waals surface area contributed by atoms with Gasteiger partial charge in [0.2, 0.25) is 0 Å². The summed E-state index contributed by atoms with van der Waals surface area (Å²) in [6, 6.07) is 11.5. The topological polar surface area (TPSA) is 98.7 Å². The van der Waals surface area contributed by atoms with Crippen LogP contribution in [0.5, 0.6) is 0 Å². The van der Waals surface area contributed by atoms with Crippen molar-refractivity contribution in [1.82, 2.24) is 10.2 Å². The van der Waals surface area contributed by atoms with Crippen molar-refractivity contribution >= 4 is 46.8 Å². The predicted octanol–water partition coefficient (Wildman–Crippen LogP) is 7.58. The molecule has 0 aliphatic heterocycles. The minimum absolute atomic E-state index is 0.0517. The number of aliphatic carboxylic acids is 1. The smallest absolute Gasteiger partial charge is 0.326 e. The molecule has 0 saturated carbocycles. The molecule has 0 fully saturated rings. The molecule has 3 amide bonds. The minimum Gasteiger partial charge on any atom is -0.481 e. The molecule has 3 N–H and O–H groups in total. The van der Waals surface area contributed by atoms with E-state index in [9.17, 15) is 14.4 Å². The number of amides is 3. The summed E-state index contributed by atoms with van der Waals surface area (Å²) in [5.74, 6) is -1.06. The monoisotopic (exact) mass is 581 g/mol. The van der Waals surface area contributed by atoms with Crippen LogP contribution in [0.1, 0.15) is 61.4 Å². The molecule has 9 heteroatoms. The van der Waals surface area contributed by atoms with Crippen molar-refractivity contribution in [1.29, 1.82) is 0 Å². The second kappa shape index (κ2) is 13.7. The number of urea groups is 1. The molecule has 0 radical (unpaired) electrons. The molecule has 0 heterocycles. The lowest BCUT2D eigenvalue weighted by molar-refractivity contribution is -0.136. The van der Waals surface area contributed by atoms with Crippen LogP contribution in [0.25, 0.3) is 0 Å². The Hall–Kier alpha value is -3.55. The van der Waals surface area contributed by atoms with Crippen molar-refractivity contribution in [3.63, 3.8) is 0 Å². The number of nitrogens with one attached hydrogen (secondary N) is 2. The molecule has 40 heavy (non-hydrogen) atoms. The molecular formula is C31H33Cl2N3O4. The Morgan fingerprint density at radius 2 is 1.75 bits per heavy atom. The van der Waals surface area contributed by atoms with E-state index in [0.29, 0.717) is 27.7 Å².